The molecule has 1 N–H and O–H groups in total. The number of nitrogens with one attached hydrogen (secondary N) is 1. The number of benzene rings is 2. The van der Waals surface area contributed by atoms with Crippen LogP contribution in [0, 0.1) is 6.92 Å². The highest BCUT2D eigenvalue weighted by Crippen LogP contribution is 2.41. The molecule has 156 valence electrons. The molecule has 3 aromatic rings. The number of carbonyl (C=O) groups excluding carboxylic acids is 1. The van der Waals surface area contributed by atoms with Gasteiger partial charge in [-0.1, -0.05) is 6.07 Å². The molecule has 0 atom stereocenters. The van der Waals surface area contributed by atoms with Crippen molar-refractivity contribution in [1.82, 2.24) is 0 Å². The lowest BCUT2D eigenvalue weighted by Crippen LogP contribution is -2.09. The van der Waals surface area contributed by atoms with Crippen molar-refractivity contribution in [2.45, 2.75) is 39.5 Å². The average molecular weight is 405 g/mol. The molecule has 0 radical (unpaired) electrons. The lowest BCUT2D eigenvalue weighted by molar-refractivity contribution is -0.111. The molecule has 5 heteroatoms. The fourth-order valence-electron chi connectivity index (χ4n) is 4.25. The zero-order chi connectivity index (χ0) is 21.3. The number of carbonyl (C=O) groups is 1. The first-order valence-electron chi connectivity index (χ1n) is 10.3. The van der Waals surface area contributed by atoms with Gasteiger partial charge in [0.05, 0.1) is 14.2 Å². The van der Waals surface area contributed by atoms with Gasteiger partial charge in [-0.2, -0.15) is 0 Å². The van der Waals surface area contributed by atoms with Crippen LogP contribution in [-0.4, -0.2) is 20.1 Å². The summed E-state index contributed by atoms with van der Waals surface area (Å²) in [6.45, 7) is 3.95. The van der Waals surface area contributed by atoms with Gasteiger partial charge in [-0.05, 0) is 56.9 Å². The molecule has 5 nitrogen and oxygen atoms in total. The Balaban J connectivity index is 1.70. The molecule has 0 saturated heterocycles. The number of amides is 1. The van der Waals surface area contributed by atoms with Gasteiger partial charge >= 0.3 is 0 Å². The van der Waals surface area contributed by atoms with E-state index in [0.717, 1.165) is 52.0 Å². The Hall–Kier alpha value is -3.21. The van der Waals surface area contributed by atoms with Crippen molar-refractivity contribution in [3.8, 4) is 11.5 Å². The van der Waals surface area contributed by atoms with Gasteiger partial charge in [0, 0.05) is 46.3 Å². The van der Waals surface area contributed by atoms with Crippen LogP contribution in [-0.2, 0) is 17.6 Å². The minimum Gasteiger partial charge on any atom is -0.497 e. The number of hydrogen-bond acceptors (Lipinski definition) is 4. The summed E-state index contributed by atoms with van der Waals surface area (Å²) in [4.78, 5) is 12.6. The van der Waals surface area contributed by atoms with Crippen LogP contribution in [0.1, 0.15) is 42.2 Å². The fraction of sp³-hybridized carbons (Fsp3) is 0.320. The topological polar surface area (TPSA) is 60.7 Å². The minimum atomic E-state index is -0.199. The summed E-state index contributed by atoms with van der Waals surface area (Å²) in [6.07, 6.45) is 5.97. The van der Waals surface area contributed by atoms with Gasteiger partial charge in [0.25, 0.3) is 0 Å². The summed E-state index contributed by atoms with van der Waals surface area (Å²) in [6, 6.07) is 9.41. The van der Waals surface area contributed by atoms with Gasteiger partial charge in [-0.3, -0.25) is 4.79 Å². The largest absolute Gasteiger partial charge is 0.497 e. The van der Waals surface area contributed by atoms with Crippen LogP contribution in [0.5, 0.6) is 11.5 Å². The number of anilines is 1. The summed E-state index contributed by atoms with van der Waals surface area (Å²) >= 11 is 0. The van der Waals surface area contributed by atoms with Crippen LogP contribution in [0.15, 0.2) is 40.8 Å². The molecule has 1 heterocycles. The van der Waals surface area contributed by atoms with E-state index < -0.39 is 0 Å². The molecule has 1 amide bonds. The monoisotopic (exact) mass is 405 g/mol. The van der Waals surface area contributed by atoms with E-state index in [2.05, 4.69) is 11.4 Å². The van der Waals surface area contributed by atoms with Gasteiger partial charge < -0.3 is 19.2 Å². The predicted molar refractivity (Wildman–Crippen MR) is 119 cm³/mol. The standard InChI is InChI=1S/C25H27NO4/c1-15(12-23(27)26-17-8-7-9-18(13-17)28-3)20-14-21-19-10-5-6-11-22(19)30-25(21)16(2)24(20)29-4/h7-9,12-14H,5-6,10-11H2,1-4H3,(H,26,27)/b15-12+. The molecule has 30 heavy (non-hydrogen) atoms. The molecule has 1 aliphatic carbocycles. The number of hydrogen-bond donors (Lipinski definition) is 1. The first-order chi connectivity index (χ1) is 14.5. The third-order valence-corrected chi connectivity index (χ3v) is 5.74. The molecule has 1 aliphatic rings. The fourth-order valence-corrected chi connectivity index (χ4v) is 4.25. The second-order valence-electron chi connectivity index (χ2n) is 7.72. The highest BCUT2D eigenvalue weighted by Gasteiger charge is 2.23. The first-order valence-corrected chi connectivity index (χ1v) is 10.3. The van der Waals surface area contributed by atoms with Crippen molar-refractivity contribution in [2.75, 3.05) is 19.5 Å². The molecule has 2 aromatic carbocycles. The molecule has 0 aliphatic heterocycles. The van der Waals surface area contributed by atoms with Crippen molar-refractivity contribution in [1.29, 1.82) is 0 Å². The zero-order valence-electron chi connectivity index (χ0n) is 17.9. The smallest absolute Gasteiger partial charge is 0.248 e. The summed E-state index contributed by atoms with van der Waals surface area (Å²) < 4.78 is 17.1. The van der Waals surface area contributed by atoms with E-state index in [0.29, 0.717) is 11.4 Å². The van der Waals surface area contributed by atoms with Crippen LogP contribution in [0.4, 0.5) is 5.69 Å². The van der Waals surface area contributed by atoms with Crippen LogP contribution >= 0.6 is 0 Å². The summed E-state index contributed by atoms with van der Waals surface area (Å²) in [5, 5.41) is 4.03. The Morgan fingerprint density at radius 1 is 1.13 bits per heavy atom. The Morgan fingerprint density at radius 3 is 2.70 bits per heavy atom. The van der Waals surface area contributed by atoms with E-state index in [-0.39, 0.29) is 5.91 Å². The van der Waals surface area contributed by atoms with Crippen molar-refractivity contribution in [3.63, 3.8) is 0 Å². The quantitative estimate of drug-likeness (QED) is 0.555. The molecule has 4 rings (SSSR count). The maximum Gasteiger partial charge on any atom is 0.248 e. The third kappa shape index (κ3) is 3.67. The molecule has 0 saturated carbocycles. The highest BCUT2D eigenvalue weighted by atomic mass is 16.5. The Morgan fingerprint density at radius 2 is 1.93 bits per heavy atom. The van der Waals surface area contributed by atoms with E-state index in [1.165, 1.54) is 18.4 Å². The number of methoxy groups -OCH3 is 2. The second kappa shape index (κ2) is 8.27. The Labute approximate surface area is 176 Å². The Kier molecular flexibility index (Phi) is 5.53. The third-order valence-electron chi connectivity index (χ3n) is 5.74. The van der Waals surface area contributed by atoms with E-state index in [9.17, 15) is 4.79 Å². The van der Waals surface area contributed by atoms with Crippen molar-refractivity contribution in [2.24, 2.45) is 0 Å². The molecule has 0 fully saturated rings. The lowest BCUT2D eigenvalue weighted by Gasteiger charge is -2.14. The van der Waals surface area contributed by atoms with Crippen LogP contribution in [0.2, 0.25) is 0 Å². The van der Waals surface area contributed by atoms with Crippen molar-refractivity contribution < 1.29 is 18.7 Å². The molecule has 1 aromatic heterocycles. The summed E-state index contributed by atoms with van der Waals surface area (Å²) in [7, 11) is 3.26. The van der Waals surface area contributed by atoms with Crippen LogP contribution < -0.4 is 14.8 Å². The number of ether oxygens (including phenoxy) is 2. The van der Waals surface area contributed by atoms with E-state index in [1.807, 2.05) is 32.0 Å². The van der Waals surface area contributed by atoms with E-state index in [1.54, 1.807) is 26.4 Å². The zero-order valence-corrected chi connectivity index (χ0v) is 17.9. The molecular weight excluding hydrogens is 378 g/mol. The number of allylic oxidation sites excluding steroid dienone is 1. The van der Waals surface area contributed by atoms with Crippen molar-refractivity contribution >= 4 is 28.1 Å². The normalized spacial score (nSPS) is 13.8. The van der Waals surface area contributed by atoms with Crippen LogP contribution in [0.25, 0.3) is 16.5 Å². The van der Waals surface area contributed by atoms with Crippen LogP contribution in [0.3, 0.4) is 0 Å². The van der Waals surface area contributed by atoms with Gasteiger partial charge in [-0.25, -0.2) is 0 Å². The minimum absolute atomic E-state index is 0.199. The SMILES string of the molecule is COc1cccc(NC(=O)/C=C(\C)c2cc3c4c(oc3c(C)c2OC)CCCC4)c1. The predicted octanol–water partition coefficient (Wildman–Crippen LogP) is 5.68. The summed E-state index contributed by atoms with van der Waals surface area (Å²) in [5.74, 6) is 2.34. The molecule has 0 unspecified atom stereocenters. The molecule has 0 bridgehead atoms. The number of rotatable bonds is 5. The van der Waals surface area contributed by atoms with Gasteiger partial charge in [0.1, 0.15) is 22.8 Å². The Bertz CT molecular complexity index is 1140. The van der Waals surface area contributed by atoms with Gasteiger partial charge in [0.2, 0.25) is 5.91 Å². The number of fused-ring (bicyclic) bond motifs is 3. The summed E-state index contributed by atoms with van der Waals surface area (Å²) in [5.41, 5.74) is 5.61. The van der Waals surface area contributed by atoms with Gasteiger partial charge in [-0.15, -0.1) is 0 Å². The maximum absolute atomic E-state index is 12.6. The maximum atomic E-state index is 12.6. The number of furan rings is 1. The highest BCUT2D eigenvalue weighted by molar-refractivity contribution is 6.05. The van der Waals surface area contributed by atoms with Gasteiger partial charge in [0.15, 0.2) is 0 Å². The first kappa shape index (κ1) is 20.1. The van der Waals surface area contributed by atoms with E-state index >= 15 is 0 Å². The average Bonchev–Trinajstić information content (AvgIpc) is 3.12. The molecular formula is C25H27NO4. The molecule has 0 spiro atoms. The second-order valence-corrected chi connectivity index (χ2v) is 7.72. The lowest BCUT2D eigenvalue weighted by atomic mass is 9.93. The van der Waals surface area contributed by atoms with E-state index in [4.69, 9.17) is 13.9 Å². The van der Waals surface area contributed by atoms with Crippen molar-refractivity contribution in [3.05, 3.63) is 58.9 Å². The number of aryl methyl sites for hydroxylation is 3.